The van der Waals surface area contributed by atoms with E-state index in [2.05, 4.69) is 0 Å². The van der Waals surface area contributed by atoms with Crippen molar-refractivity contribution in [2.24, 2.45) is 0 Å². The van der Waals surface area contributed by atoms with Crippen molar-refractivity contribution in [3.8, 4) is 23.0 Å². The molecule has 0 saturated carbocycles. The van der Waals surface area contributed by atoms with Crippen molar-refractivity contribution in [1.29, 1.82) is 0 Å². The first kappa shape index (κ1) is 15.5. The first-order chi connectivity index (χ1) is 11.1. The van der Waals surface area contributed by atoms with Gasteiger partial charge in [-0.3, -0.25) is 0 Å². The molecular formula is C18H20O5. The summed E-state index contributed by atoms with van der Waals surface area (Å²) in [6.07, 6.45) is -0.0593. The van der Waals surface area contributed by atoms with Crippen LogP contribution in [0.25, 0.3) is 0 Å². The molecule has 1 N–H and O–H groups in total. The standard InChI is InChI=1S/C18H20O5/c1-20-14-6-10-5-11-7-15(21-2)17(23-4)9-13(11)18(19)12(10)8-16(14)22-3/h6-9,18-19H,5H2,1-4H3. The first-order valence-electron chi connectivity index (χ1n) is 7.30. The maximum Gasteiger partial charge on any atom is 0.161 e. The van der Waals surface area contributed by atoms with Gasteiger partial charge in [0.2, 0.25) is 0 Å². The van der Waals surface area contributed by atoms with Gasteiger partial charge in [-0.05, 0) is 52.9 Å². The molecule has 2 aromatic rings. The van der Waals surface area contributed by atoms with Crippen LogP contribution in [0.3, 0.4) is 0 Å². The second kappa shape index (κ2) is 6.01. The fourth-order valence-corrected chi connectivity index (χ4v) is 3.06. The lowest BCUT2D eigenvalue weighted by Crippen LogP contribution is -2.14. The molecule has 1 aliphatic carbocycles. The second-order valence-electron chi connectivity index (χ2n) is 5.39. The minimum absolute atomic E-state index is 0.606. The van der Waals surface area contributed by atoms with E-state index in [0.29, 0.717) is 29.4 Å². The van der Waals surface area contributed by atoms with Crippen LogP contribution in [-0.4, -0.2) is 33.5 Å². The third-order valence-corrected chi connectivity index (χ3v) is 4.26. The lowest BCUT2D eigenvalue weighted by atomic mass is 9.83. The van der Waals surface area contributed by atoms with E-state index < -0.39 is 6.10 Å². The van der Waals surface area contributed by atoms with E-state index in [1.807, 2.05) is 24.3 Å². The van der Waals surface area contributed by atoms with Gasteiger partial charge in [0, 0.05) is 0 Å². The van der Waals surface area contributed by atoms with Gasteiger partial charge in [0.15, 0.2) is 23.0 Å². The molecule has 0 saturated heterocycles. The number of methoxy groups -OCH3 is 4. The Morgan fingerprint density at radius 1 is 0.696 bits per heavy atom. The average Bonchev–Trinajstić information content (AvgIpc) is 2.59. The Labute approximate surface area is 135 Å². The van der Waals surface area contributed by atoms with Crippen LogP contribution < -0.4 is 18.9 Å². The quantitative estimate of drug-likeness (QED) is 0.940. The molecule has 5 heteroatoms. The highest BCUT2D eigenvalue weighted by molar-refractivity contribution is 5.58. The molecule has 0 unspecified atom stereocenters. The molecule has 0 heterocycles. The van der Waals surface area contributed by atoms with Gasteiger partial charge in [-0.1, -0.05) is 0 Å². The molecule has 0 atom stereocenters. The van der Waals surface area contributed by atoms with Crippen LogP contribution in [0.1, 0.15) is 28.4 Å². The molecule has 2 aromatic carbocycles. The molecule has 0 aliphatic heterocycles. The monoisotopic (exact) mass is 316 g/mol. The van der Waals surface area contributed by atoms with E-state index in [1.165, 1.54) is 0 Å². The predicted molar refractivity (Wildman–Crippen MR) is 86.0 cm³/mol. The molecule has 122 valence electrons. The Hall–Kier alpha value is -2.40. The number of aliphatic hydroxyl groups is 1. The summed E-state index contributed by atoms with van der Waals surface area (Å²) in [7, 11) is 6.37. The number of rotatable bonds is 4. The summed E-state index contributed by atoms with van der Waals surface area (Å²) in [6.45, 7) is 0. The van der Waals surface area contributed by atoms with Crippen molar-refractivity contribution in [1.82, 2.24) is 0 Å². The third-order valence-electron chi connectivity index (χ3n) is 4.26. The Bertz CT molecular complexity index is 677. The van der Waals surface area contributed by atoms with Crippen LogP contribution in [0, 0.1) is 0 Å². The van der Waals surface area contributed by atoms with Gasteiger partial charge in [0.25, 0.3) is 0 Å². The normalized spacial score (nSPS) is 13.1. The lowest BCUT2D eigenvalue weighted by molar-refractivity contribution is 0.213. The number of benzene rings is 2. The van der Waals surface area contributed by atoms with Gasteiger partial charge >= 0.3 is 0 Å². The van der Waals surface area contributed by atoms with Gasteiger partial charge in [0.1, 0.15) is 6.10 Å². The number of ether oxygens (including phenoxy) is 4. The first-order valence-corrected chi connectivity index (χ1v) is 7.30. The third kappa shape index (κ3) is 2.47. The van der Waals surface area contributed by atoms with Gasteiger partial charge in [-0.25, -0.2) is 0 Å². The SMILES string of the molecule is COc1cc2c(cc1OC)C(O)c1cc(OC)c(OC)cc1C2. The van der Waals surface area contributed by atoms with Crippen molar-refractivity contribution in [3.63, 3.8) is 0 Å². The van der Waals surface area contributed by atoms with E-state index in [4.69, 9.17) is 18.9 Å². The zero-order chi connectivity index (χ0) is 16.6. The van der Waals surface area contributed by atoms with Crippen molar-refractivity contribution in [3.05, 3.63) is 46.5 Å². The van der Waals surface area contributed by atoms with Crippen LogP contribution in [0.15, 0.2) is 24.3 Å². The fourth-order valence-electron chi connectivity index (χ4n) is 3.06. The second-order valence-corrected chi connectivity index (χ2v) is 5.39. The smallest absolute Gasteiger partial charge is 0.161 e. The molecule has 0 aromatic heterocycles. The van der Waals surface area contributed by atoms with Gasteiger partial charge in [-0.15, -0.1) is 0 Å². The number of hydrogen-bond donors (Lipinski definition) is 1. The molecule has 0 radical (unpaired) electrons. The molecule has 23 heavy (non-hydrogen) atoms. The summed E-state index contributed by atoms with van der Waals surface area (Å²) in [5.41, 5.74) is 3.66. The van der Waals surface area contributed by atoms with Crippen molar-refractivity contribution >= 4 is 0 Å². The molecular weight excluding hydrogens is 296 g/mol. The molecule has 3 rings (SSSR count). The minimum Gasteiger partial charge on any atom is -0.493 e. The summed E-state index contributed by atoms with van der Waals surface area (Å²) >= 11 is 0. The summed E-state index contributed by atoms with van der Waals surface area (Å²) in [5.74, 6) is 2.52. The molecule has 1 aliphatic rings. The highest BCUT2D eigenvalue weighted by Crippen LogP contribution is 2.43. The minimum atomic E-state index is -0.742. The Morgan fingerprint density at radius 2 is 1.04 bits per heavy atom. The zero-order valence-corrected chi connectivity index (χ0v) is 13.7. The van der Waals surface area contributed by atoms with Crippen LogP contribution in [-0.2, 0) is 6.42 Å². The van der Waals surface area contributed by atoms with E-state index in [-0.39, 0.29) is 0 Å². The van der Waals surface area contributed by atoms with Gasteiger partial charge in [0.05, 0.1) is 28.4 Å². The summed E-state index contributed by atoms with van der Waals surface area (Å²) in [4.78, 5) is 0. The van der Waals surface area contributed by atoms with Gasteiger partial charge < -0.3 is 24.1 Å². The number of fused-ring (bicyclic) bond motifs is 2. The topological polar surface area (TPSA) is 57.2 Å². The summed E-state index contributed by atoms with van der Waals surface area (Å²) in [6, 6.07) is 7.49. The van der Waals surface area contributed by atoms with Gasteiger partial charge in [-0.2, -0.15) is 0 Å². The van der Waals surface area contributed by atoms with Crippen LogP contribution in [0.2, 0.25) is 0 Å². The molecule has 0 spiro atoms. The Balaban J connectivity index is 2.13. The highest BCUT2D eigenvalue weighted by atomic mass is 16.5. The summed E-state index contributed by atoms with van der Waals surface area (Å²) in [5, 5.41) is 10.8. The van der Waals surface area contributed by atoms with Crippen LogP contribution in [0.4, 0.5) is 0 Å². The maximum atomic E-state index is 10.8. The Kier molecular flexibility index (Phi) is 4.05. The summed E-state index contributed by atoms with van der Waals surface area (Å²) < 4.78 is 21.4. The predicted octanol–water partition coefficient (Wildman–Crippen LogP) is 2.71. The molecule has 0 amide bonds. The molecule has 0 bridgehead atoms. The molecule has 0 fully saturated rings. The van der Waals surface area contributed by atoms with E-state index >= 15 is 0 Å². The van der Waals surface area contributed by atoms with Crippen LogP contribution >= 0.6 is 0 Å². The zero-order valence-electron chi connectivity index (χ0n) is 13.7. The molecule has 5 nitrogen and oxygen atoms in total. The van der Waals surface area contributed by atoms with Crippen molar-refractivity contribution in [2.45, 2.75) is 12.5 Å². The number of aliphatic hydroxyl groups excluding tert-OH is 1. The van der Waals surface area contributed by atoms with Crippen LogP contribution in [0.5, 0.6) is 23.0 Å². The average molecular weight is 316 g/mol. The van der Waals surface area contributed by atoms with E-state index in [0.717, 1.165) is 22.3 Å². The van der Waals surface area contributed by atoms with E-state index in [1.54, 1.807) is 28.4 Å². The largest absolute Gasteiger partial charge is 0.493 e. The van der Waals surface area contributed by atoms with E-state index in [9.17, 15) is 5.11 Å². The van der Waals surface area contributed by atoms with Crippen molar-refractivity contribution < 1.29 is 24.1 Å². The lowest BCUT2D eigenvalue weighted by Gasteiger charge is -2.27. The Morgan fingerprint density at radius 3 is 1.39 bits per heavy atom. The van der Waals surface area contributed by atoms with Crippen molar-refractivity contribution in [2.75, 3.05) is 28.4 Å². The highest BCUT2D eigenvalue weighted by Gasteiger charge is 2.27. The maximum absolute atomic E-state index is 10.8. The number of hydrogen-bond acceptors (Lipinski definition) is 5. The fraction of sp³-hybridized carbons (Fsp3) is 0.333.